The number of piperidine rings is 1. The van der Waals surface area contributed by atoms with E-state index >= 15 is 0 Å². The summed E-state index contributed by atoms with van der Waals surface area (Å²) in [5.74, 6) is 1.57. The summed E-state index contributed by atoms with van der Waals surface area (Å²) in [6.07, 6.45) is 1.94. The van der Waals surface area contributed by atoms with E-state index in [1.807, 2.05) is 72.5 Å². The third-order valence-corrected chi connectivity index (χ3v) is 8.55. The summed E-state index contributed by atoms with van der Waals surface area (Å²) in [6.45, 7) is 6.08. The van der Waals surface area contributed by atoms with Gasteiger partial charge in [0.2, 0.25) is 26.6 Å². The van der Waals surface area contributed by atoms with Crippen LogP contribution in [0.2, 0.25) is 0 Å². The molecule has 0 aliphatic carbocycles. The predicted molar refractivity (Wildman–Crippen MR) is 144 cm³/mol. The van der Waals surface area contributed by atoms with Crippen LogP contribution in [0.3, 0.4) is 0 Å². The highest BCUT2D eigenvalue weighted by Crippen LogP contribution is 2.39. The number of oxazole rings is 1. The highest BCUT2D eigenvalue weighted by Gasteiger charge is 2.35. The molecule has 0 spiro atoms. The largest absolute Gasteiger partial charge is 0.494 e. The van der Waals surface area contributed by atoms with Crippen LogP contribution in [0, 0.1) is 5.92 Å². The first-order valence-corrected chi connectivity index (χ1v) is 14.3. The molecule has 0 saturated carbocycles. The molecule has 1 fully saturated rings. The third-order valence-electron chi connectivity index (χ3n) is 6.88. The number of nitrogens with zero attached hydrogens (tertiary/aromatic N) is 2. The zero-order chi connectivity index (χ0) is 25.8. The number of sulfone groups is 1. The molecular weight excluding hydrogens is 484 g/mol. The van der Waals surface area contributed by atoms with Gasteiger partial charge in [0.05, 0.1) is 17.4 Å². The van der Waals surface area contributed by atoms with Gasteiger partial charge in [0, 0.05) is 13.1 Å². The lowest BCUT2D eigenvalue weighted by molar-refractivity contribution is 0.340. The van der Waals surface area contributed by atoms with E-state index in [9.17, 15) is 8.42 Å². The molecule has 37 heavy (non-hydrogen) atoms. The fraction of sp³-hybridized carbons (Fsp3) is 0.300. The van der Waals surface area contributed by atoms with Gasteiger partial charge in [0.1, 0.15) is 5.75 Å². The van der Waals surface area contributed by atoms with Crippen molar-refractivity contribution in [3.8, 4) is 5.75 Å². The van der Waals surface area contributed by atoms with Crippen molar-refractivity contribution in [2.45, 2.75) is 42.5 Å². The van der Waals surface area contributed by atoms with Crippen molar-refractivity contribution in [2.24, 2.45) is 5.92 Å². The van der Waals surface area contributed by atoms with Gasteiger partial charge in [-0.1, -0.05) is 67.6 Å². The normalized spacial score (nSPS) is 14.7. The lowest BCUT2D eigenvalue weighted by Gasteiger charge is -2.30. The summed E-state index contributed by atoms with van der Waals surface area (Å²) in [5.41, 5.74) is 1.97. The fourth-order valence-electron chi connectivity index (χ4n) is 4.79. The monoisotopic (exact) mass is 516 g/mol. The Bertz CT molecular complexity index is 1370. The van der Waals surface area contributed by atoms with E-state index in [0.29, 0.717) is 30.0 Å². The highest BCUT2D eigenvalue weighted by atomic mass is 32.2. The second-order valence-corrected chi connectivity index (χ2v) is 11.4. The molecule has 1 saturated heterocycles. The van der Waals surface area contributed by atoms with E-state index < -0.39 is 9.84 Å². The van der Waals surface area contributed by atoms with Crippen molar-refractivity contribution in [3.05, 3.63) is 102 Å². The molecule has 7 heteroatoms. The Hall–Kier alpha value is -3.58. The van der Waals surface area contributed by atoms with Gasteiger partial charge in [-0.15, -0.1) is 0 Å². The molecule has 6 nitrogen and oxygen atoms in total. The van der Waals surface area contributed by atoms with Gasteiger partial charge in [-0.2, -0.15) is 4.98 Å². The average molecular weight is 517 g/mol. The number of benzene rings is 3. The van der Waals surface area contributed by atoms with E-state index in [4.69, 9.17) is 14.1 Å². The summed E-state index contributed by atoms with van der Waals surface area (Å²) < 4.78 is 39.8. The van der Waals surface area contributed by atoms with Crippen LogP contribution < -0.4 is 9.64 Å². The summed E-state index contributed by atoms with van der Waals surface area (Å²) in [4.78, 5) is 6.93. The van der Waals surface area contributed by atoms with Crippen LogP contribution in [0.4, 0.5) is 5.88 Å². The second-order valence-electron chi connectivity index (χ2n) is 9.49. The molecule has 0 bridgehead atoms. The van der Waals surface area contributed by atoms with Crippen molar-refractivity contribution in [2.75, 3.05) is 24.6 Å². The Morgan fingerprint density at radius 2 is 1.49 bits per heavy atom. The summed E-state index contributed by atoms with van der Waals surface area (Å²) in [6, 6.07) is 26.4. The highest BCUT2D eigenvalue weighted by molar-refractivity contribution is 7.91. The Kier molecular flexibility index (Phi) is 7.33. The molecule has 3 aromatic carbocycles. The maximum atomic E-state index is 13.9. The minimum absolute atomic E-state index is 0.0296. The molecular formula is C30H32N2O4S. The molecule has 1 aliphatic rings. The number of anilines is 1. The van der Waals surface area contributed by atoms with Gasteiger partial charge in [0.15, 0.2) is 0 Å². The van der Waals surface area contributed by atoms with Crippen molar-refractivity contribution in [1.29, 1.82) is 0 Å². The molecule has 4 aromatic rings. The standard InChI is InChI=1S/C30H32N2O4S/c1-3-35-25-14-16-26(17-15-25)37(33,34)29-30(32-20-18-22(2)19-21-32)36-28(31-29)27(23-10-6-4-7-11-23)24-12-8-5-9-13-24/h4-17,22,27H,3,18-21H2,1-2H3. The van der Waals surface area contributed by atoms with E-state index in [-0.39, 0.29) is 15.8 Å². The molecule has 2 heterocycles. The first kappa shape index (κ1) is 25.1. The van der Waals surface area contributed by atoms with Gasteiger partial charge in [-0.05, 0) is 61.1 Å². The van der Waals surface area contributed by atoms with Crippen molar-refractivity contribution >= 4 is 15.7 Å². The molecule has 0 amide bonds. The number of hydrogen-bond donors (Lipinski definition) is 0. The zero-order valence-corrected chi connectivity index (χ0v) is 22.0. The second kappa shape index (κ2) is 10.8. The molecule has 0 unspecified atom stereocenters. The minimum Gasteiger partial charge on any atom is -0.494 e. The quantitative estimate of drug-likeness (QED) is 0.273. The van der Waals surface area contributed by atoms with Crippen molar-refractivity contribution in [1.82, 2.24) is 4.98 Å². The SMILES string of the molecule is CCOc1ccc(S(=O)(=O)c2nc(C(c3ccccc3)c3ccccc3)oc2N2CCC(C)CC2)cc1. The van der Waals surface area contributed by atoms with E-state index in [1.165, 1.54) is 0 Å². The summed E-state index contributed by atoms with van der Waals surface area (Å²) in [5, 5.41) is -0.0296. The Balaban J connectivity index is 1.64. The smallest absolute Gasteiger partial charge is 0.236 e. The molecule has 1 aromatic heterocycles. The summed E-state index contributed by atoms with van der Waals surface area (Å²) >= 11 is 0. The number of hydrogen-bond acceptors (Lipinski definition) is 6. The fourth-order valence-corrected chi connectivity index (χ4v) is 6.11. The van der Waals surface area contributed by atoms with Gasteiger partial charge < -0.3 is 14.1 Å². The Morgan fingerprint density at radius 1 is 0.919 bits per heavy atom. The molecule has 0 radical (unpaired) electrons. The minimum atomic E-state index is -3.94. The van der Waals surface area contributed by atoms with E-state index in [1.54, 1.807) is 24.3 Å². The average Bonchev–Trinajstić information content (AvgIpc) is 3.37. The maximum Gasteiger partial charge on any atom is 0.236 e. The van der Waals surface area contributed by atoms with Crippen LogP contribution in [0.5, 0.6) is 5.75 Å². The van der Waals surface area contributed by atoms with Crippen LogP contribution in [-0.2, 0) is 9.84 Å². The molecule has 1 aliphatic heterocycles. The van der Waals surface area contributed by atoms with Gasteiger partial charge in [0.25, 0.3) is 0 Å². The molecule has 0 atom stereocenters. The Labute approximate surface area is 218 Å². The predicted octanol–water partition coefficient (Wildman–Crippen LogP) is 6.32. The van der Waals surface area contributed by atoms with Crippen LogP contribution in [0.25, 0.3) is 0 Å². The van der Waals surface area contributed by atoms with Gasteiger partial charge >= 0.3 is 0 Å². The molecule has 0 N–H and O–H groups in total. The van der Waals surface area contributed by atoms with Crippen molar-refractivity contribution in [3.63, 3.8) is 0 Å². The molecule has 5 rings (SSSR count). The van der Waals surface area contributed by atoms with Gasteiger partial charge in [-0.3, -0.25) is 0 Å². The lowest BCUT2D eigenvalue weighted by Crippen LogP contribution is -2.33. The van der Waals surface area contributed by atoms with Crippen LogP contribution >= 0.6 is 0 Å². The Morgan fingerprint density at radius 3 is 2.03 bits per heavy atom. The van der Waals surface area contributed by atoms with Crippen molar-refractivity contribution < 1.29 is 17.6 Å². The number of ether oxygens (including phenoxy) is 1. The van der Waals surface area contributed by atoms with Crippen LogP contribution in [0.1, 0.15) is 49.6 Å². The first-order chi connectivity index (χ1) is 18.0. The van der Waals surface area contributed by atoms with Gasteiger partial charge in [-0.25, -0.2) is 8.42 Å². The zero-order valence-electron chi connectivity index (χ0n) is 21.2. The van der Waals surface area contributed by atoms with E-state index in [2.05, 4.69) is 6.92 Å². The maximum absolute atomic E-state index is 13.9. The number of rotatable bonds is 8. The molecule has 192 valence electrons. The lowest BCUT2D eigenvalue weighted by atomic mass is 9.91. The third kappa shape index (κ3) is 5.27. The number of aromatic nitrogens is 1. The topological polar surface area (TPSA) is 72.6 Å². The first-order valence-electron chi connectivity index (χ1n) is 12.8. The summed E-state index contributed by atoms with van der Waals surface area (Å²) in [7, 11) is -3.94. The van der Waals surface area contributed by atoms with Crippen LogP contribution in [-0.4, -0.2) is 33.1 Å². The van der Waals surface area contributed by atoms with E-state index in [0.717, 1.165) is 37.1 Å². The van der Waals surface area contributed by atoms with Crippen LogP contribution in [0.15, 0.2) is 99.3 Å².